The Labute approximate surface area is 185 Å². The number of anilines is 1. The smallest absolute Gasteiger partial charge is 0.134 e. The normalized spacial score (nSPS) is 23.5. The Morgan fingerprint density at radius 3 is 2.71 bits per heavy atom. The lowest BCUT2D eigenvalue weighted by Gasteiger charge is -2.36. The molecule has 0 spiro atoms. The van der Waals surface area contributed by atoms with Crippen LogP contribution in [0.4, 0.5) is 5.69 Å². The van der Waals surface area contributed by atoms with E-state index in [1.807, 2.05) is 6.21 Å². The van der Waals surface area contributed by atoms with Gasteiger partial charge in [-0.3, -0.25) is 10.3 Å². The number of hydrogen-bond donors (Lipinski definition) is 1. The van der Waals surface area contributed by atoms with Gasteiger partial charge in [0.2, 0.25) is 0 Å². The zero-order valence-electron chi connectivity index (χ0n) is 18.6. The van der Waals surface area contributed by atoms with Gasteiger partial charge in [-0.05, 0) is 50.6 Å². The van der Waals surface area contributed by atoms with E-state index in [4.69, 9.17) is 4.99 Å². The number of nitrogens with zero attached hydrogens (tertiary/aromatic N) is 4. The van der Waals surface area contributed by atoms with Crippen molar-refractivity contribution in [2.75, 3.05) is 37.6 Å². The third-order valence-corrected chi connectivity index (χ3v) is 6.96. The van der Waals surface area contributed by atoms with Gasteiger partial charge in [0.1, 0.15) is 5.84 Å². The topological polar surface area (TPSA) is 43.2 Å². The van der Waals surface area contributed by atoms with Gasteiger partial charge in [0.25, 0.3) is 0 Å². The van der Waals surface area contributed by atoms with Crippen LogP contribution in [0.5, 0.6) is 0 Å². The Bertz CT molecular complexity index is 1010. The van der Waals surface area contributed by atoms with Crippen LogP contribution in [0.25, 0.3) is 10.8 Å². The summed E-state index contributed by atoms with van der Waals surface area (Å²) in [5, 5.41) is 6.90. The van der Waals surface area contributed by atoms with Crippen LogP contribution in [0.2, 0.25) is 0 Å². The molecule has 162 valence electrons. The monoisotopic (exact) mass is 415 g/mol. The lowest BCUT2D eigenvalue weighted by Crippen LogP contribution is -2.46. The van der Waals surface area contributed by atoms with Crippen LogP contribution in [-0.2, 0) is 0 Å². The second kappa shape index (κ2) is 8.83. The molecule has 0 aliphatic carbocycles. The molecule has 3 aliphatic rings. The van der Waals surface area contributed by atoms with E-state index < -0.39 is 0 Å². The Hall–Kier alpha value is -2.66. The van der Waals surface area contributed by atoms with E-state index in [0.717, 1.165) is 44.9 Å². The van der Waals surface area contributed by atoms with Gasteiger partial charge in [-0.25, -0.2) is 4.99 Å². The predicted octanol–water partition coefficient (Wildman–Crippen LogP) is 4.80. The largest absolute Gasteiger partial charge is 0.368 e. The molecule has 1 saturated heterocycles. The van der Waals surface area contributed by atoms with Crippen molar-refractivity contribution in [3.05, 3.63) is 54.2 Å². The minimum Gasteiger partial charge on any atom is -0.368 e. The molecule has 1 fully saturated rings. The van der Waals surface area contributed by atoms with E-state index in [0.29, 0.717) is 0 Å². The molecule has 1 atom stereocenters. The van der Waals surface area contributed by atoms with Crippen LogP contribution in [0.3, 0.4) is 0 Å². The summed E-state index contributed by atoms with van der Waals surface area (Å²) in [5.41, 5.74) is 5.68. The summed E-state index contributed by atoms with van der Waals surface area (Å²) < 4.78 is 0. The highest BCUT2D eigenvalue weighted by Gasteiger charge is 2.34. The number of rotatable bonds is 7. The fraction of sp³-hybridized carbons (Fsp3) is 0.462. The highest BCUT2D eigenvalue weighted by Crippen LogP contribution is 2.31. The molecule has 2 aromatic carbocycles. The zero-order valence-corrected chi connectivity index (χ0v) is 18.6. The maximum Gasteiger partial charge on any atom is 0.134 e. The summed E-state index contributed by atoms with van der Waals surface area (Å²) in [7, 11) is 0. The molecular formula is C26H33N5. The van der Waals surface area contributed by atoms with Gasteiger partial charge in [0, 0.05) is 49.2 Å². The van der Waals surface area contributed by atoms with Crippen molar-refractivity contribution >= 4 is 28.5 Å². The Morgan fingerprint density at radius 2 is 1.81 bits per heavy atom. The third kappa shape index (κ3) is 4.38. The molecule has 5 rings (SSSR count). The van der Waals surface area contributed by atoms with Crippen molar-refractivity contribution < 1.29 is 0 Å². The minimum atomic E-state index is -0.00230. The van der Waals surface area contributed by atoms with Gasteiger partial charge in [-0.1, -0.05) is 48.9 Å². The Morgan fingerprint density at radius 1 is 0.968 bits per heavy atom. The summed E-state index contributed by atoms with van der Waals surface area (Å²) in [5.74, 6) is 1.02. The van der Waals surface area contributed by atoms with Crippen LogP contribution in [0.1, 0.15) is 39.0 Å². The first kappa shape index (κ1) is 20.3. The van der Waals surface area contributed by atoms with Crippen molar-refractivity contribution in [3.63, 3.8) is 0 Å². The molecule has 0 amide bonds. The first-order chi connectivity index (χ1) is 15.2. The van der Waals surface area contributed by atoms with Crippen LogP contribution >= 0.6 is 0 Å². The van der Waals surface area contributed by atoms with Crippen molar-refractivity contribution in [3.8, 4) is 0 Å². The predicted molar refractivity (Wildman–Crippen MR) is 131 cm³/mol. The molecule has 5 nitrogen and oxygen atoms in total. The average molecular weight is 416 g/mol. The number of piperazine rings is 1. The van der Waals surface area contributed by atoms with Crippen LogP contribution < -0.4 is 10.3 Å². The molecule has 0 aromatic heterocycles. The number of unbranched alkanes of at least 4 members (excludes halogenated alkanes) is 2. The molecular weight excluding hydrogens is 382 g/mol. The van der Waals surface area contributed by atoms with Crippen LogP contribution in [-0.4, -0.2) is 49.7 Å². The van der Waals surface area contributed by atoms with Gasteiger partial charge < -0.3 is 4.90 Å². The lowest BCUT2D eigenvalue weighted by molar-refractivity contribution is 0.252. The van der Waals surface area contributed by atoms with Gasteiger partial charge in [-0.2, -0.15) is 5.10 Å². The number of allylic oxidation sites excluding steroid dienone is 2. The number of fused-ring (bicyclic) bond motifs is 2. The van der Waals surface area contributed by atoms with Crippen LogP contribution in [0, 0.1) is 5.41 Å². The number of amidine groups is 1. The highest BCUT2D eigenvalue weighted by molar-refractivity contribution is 6.06. The molecule has 31 heavy (non-hydrogen) atoms. The van der Waals surface area contributed by atoms with E-state index >= 15 is 0 Å². The number of benzene rings is 2. The fourth-order valence-corrected chi connectivity index (χ4v) is 4.92. The van der Waals surface area contributed by atoms with E-state index in [-0.39, 0.29) is 5.41 Å². The quantitative estimate of drug-likeness (QED) is 0.661. The third-order valence-electron chi connectivity index (χ3n) is 6.96. The van der Waals surface area contributed by atoms with Crippen molar-refractivity contribution in [1.29, 1.82) is 0 Å². The van der Waals surface area contributed by atoms with Crippen molar-refractivity contribution in [1.82, 2.24) is 10.3 Å². The number of hydrazone groups is 1. The molecule has 5 heteroatoms. The van der Waals surface area contributed by atoms with E-state index in [2.05, 4.69) is 75.8 Å². The molecule has 3 heterocycles. The van der Waals surface area contributed by atoms with E-state index in [9.17, 15) is 0 Å². The van der Waals surface area contributed by atoms with Crippen LogP contribution in [0.15, 0.2) is 64.3 Å². The number of nitrogens with one attached hydrogen (secondary N) is 1. The van der Waals surface area contributed by atoms with Gasteiger partial charge in [0.15, 0.2) is 0 Å². The molecule has 1 unspecified atom stereocenters. The first-order valence-electron chi connectivity index (χ1n) is 11.7. The number of hydrogen-bond acceptors (Lipinski definition) is 5. The standard InChI is InChI=1S/C26H33N5/c1-26-14-13-22(28-25(26)29-27-20-26)10-3-2-6-15-30-16-18-31(19-17-30)24-12-7-9-21-8-4-5-11-23(21)24/h4-5,7-9,11-13,20H,2-3,6,10,14-19H2,1H3,(H,28,29). The van der Waals surface area contributed by atoms with E-state index in [1.165, 1.54) is 48.0 Å². The number of aliphatic imine (C=N–C) groups is 1. The van der Waals surface area contributed by atoms with Gasteiger partial charge >= 0.3 is 0 Å². The molecule has 0 saturated carbocycles. The average Bonchev–Trinajstić information content (AvgIpc) is 3.20. The van der Waals surface area contributed by atoms with E-state index in [1.54, 1.807) is 0 Å². The van der Waals surface area contributed by atoms with Crippen molar-refractivity contribution in [2.45, 2.75) is 39.0 Å². The van der Waals surface area contributed by atoms with Crippen molar-refractivity contribution in [2.24, 2.45) is 15.5 Å². The second-order valence-electron chi connectivity index (χ2n) is 9.29. The first-order valence-corrected chi connectivity index (χ1v) is 11.7. The summed E-state index contributed by atoms with van der Waals surface area (Å²) in [6.07, 6.45) is 10.1. The molecule has 2 aromatic rings. The molecule has 3 aliphatic heterocycles. The zero-order chi connectivity index (χ0) is 21.1. The summed E-state index contributed by atoms with van der Waals surface area (Å²) in [6.45, 7) is 7.96. The lowest BCUT2D eigenvalue weighted by atomic mass is 9.85. The molecule has 1 N–H and O–H groups in total. The summed E-state index contributed by atoms with van der Waals surface area (Å²) in [6, 6.07) is 15.4. The van der Waals surface area contributed by atoms with Gasteiger partial charge in [-0.15, -0.1) is 0 Å². The Balaban J connectivity index is 1.03. The SMILES string of the molecule is CC12C=NNC1=NC(CCCCCN1CCN(c3cccc4ccccc34)CC1)=CC2. The maximum absolute atomic E-state index is 4.79. The Kier molecular flexibility index (Phi) is 5.77. The second-order valence-corrected chi connectivity index (χ2v) is 9.29. The molecule has 0 bridgehead atoms. The fourth-order valence-electron chi connectivity index (χ4n) is 4.92. The maximum atomic E-state index is 4.79. The summed E-state index contributed by atoms with van der Waals surface area (Å²) >= 11 is 0. The van der Waals surface area contributed by atoms with Gasteiger partial charge in [0.05, 0.1) is 5.41 Å². The minimum absolute atomic E-state index is 0.00230. The molecule has 0 radical (unpaired) electrons. The highest BCUT2D eigenvalue weighted by atomic mass is 15.3. The summed E-state index contributed by atoms with van der Waals surface area (Å²) in [4.78, 5) is 9.98.